The van der Waals surface area contributed by atoms with Gasteiger partial charge in [-0.15, -0.1) is 0 Å². The number of nitrogen functional groups attached to an aromatic ring is 1. The fourth-order valence-corrected chi connectivity index (χ4v) is 4.94. The molecule has 2 aromatic rings. The van der Waals surface area contributed by atoms with Gasteiger partial charge in [0.25, 0.3) is 0 Å². The van der Waals surface area contributed by atoms with Gasteiger partial charge < -0.3 is 19.6 Å². The van der Waals surface area contributed by atoms with Crippen LogP contribution < -0.4 is 5.73 Å². The molecule has 0 aliphatic rings. The van der Waals surface area contributed by atoms with Crippen LogP contribution in [0.2, 0.25) is 0 Å². The molecule has 0 aliphatic heterocycles. The van der Waals surface area contributed by atoms with E-state index in [4.69, 9.17) is 21.8 Å². The van der Waals surface area contributed by atoms with Crippen LogP contribution in [0.25, 0.3) is 11.2 Å². The third-order valence-corrected chi connectivity index (χ3v) is 7.13. The summed E-state index contributed by atoms with van der Waals surface area (Å²) in [4.78, 5) is 12.4. The Morgan fingerprint density at radius 3 is 2.29 bits per heavy atom. The van der Waals surface area contributed by atoms with Crippen LogP contribution in [0.3, 0.4) is 0 Å². The Labute approximate surface area is 212 Å². The van der Waals surface area contributed by atoms with Crippen molar-refractivity contribution in [2.24, 2.45) is 0 Å². The smallest absolute Gasteiger partial charge is 0.225 e. The maximum atomic E-state index is 12.7. The van der Waals surface area contributed by atoms with Gasteiger partial charge in [-0.05, 0) is 13.3 Å². The third-order valence-electron chi connectivity index (χ3n) is 5.79. The minimum Gasteiger partial charge on any atom is -0.382 e. The lowest BCUT2D eigenvalue weighted by Crippen LogP contribution is -2.17. The zero-order valence-corrected chi connectivity index (χ0v) is 21.8. The van der Waals surface area contributed by atoms with Crippen LogP contribution in [0.5, 0.6) is 0 Å². The van der Waals surface area contributed by atoms with Crippen LogP contribution in [0.4, 0.5) is 5.82 Å². The molecule has 2 rings (SSSR count). The number of anilines is 1. The lowest BCUT2D eigenvalue weighted by Gasteiger charge is -2.18. The second-order valence-electron chi connectivity index (χ2n) is 9.10. The first kappa shape index (κ1) is 21.8. The van der Waals surface area contributed by atoms with Gasteiger partial charge in [-0.1, -0.05) is 83.9 Å². The van der Waals surface area contributed by atoms with E-state index in [1.165, 1.54) is 25.6 Å². The van der Waals surface area contributed by atoms with Crippen LogP contribution >= 0.6 is 7.37 Å². The summed E-state index contributed by atoms with van der Waals surface area (Å²) in [6.45, 7) is 1.95. The Morgan fingerprint density at radius 1 is 1.03 bits per heavy atom. The predicted octanol–water partition coefficient (Wildman–Crippen LogP) is 6.79. The molecule has 2 N–H and O–H groups in total. The van der Waals surface area contributed by atoms with E-state index in [2.05, 4.69) is 15.0 Å². The van der Waals surface area contributed by atoms with Crippen molar-refractivity contribution in [1.82, 2.24) is 19.5 Å². The quantitative estimate of drug-likeness (QED) is 0.158. The fourth-order valence-electron chi connectivity index (χ4n) is 3.83. The number of hydrogen-bond acceptors (Lipinski definition) is 7. The van der Waals surface area contributed by atoms with E-state index >= 15 is 0 Å². The average molecular weight is 501 g/mol. The summed E-state index contributed by atoms with van der Waals surface area (Å²) in [5, 5.41) is 0. The molecule has 0 saturated heterocycles. The Kier molecular flexibility index (Phi) is 10.4. The molecule has 0 saturated carbocycles. The van der Waals surface area contributed by atoms with Crippen LogP contribution in [-0.4, -0.2) is 45.2 Å². The molecule has 0 aromatic carbocycles. The number of fused-ring (bicyclic) bond motifs is 1. The minimum absolute atomic E-state index is 0.0600. The predicted molar refractivity (Wildman–Crippen MR) is 140 cm³/mol. The Morgan fingerprint density at radius 2 is 1.65 bits per heavy atom. The SMILES string of the molecule is [2H]C([2H])([2H])C([2H])([2H])CCCCCCCCCCCCCOP(C)(=O)CO[C@H](C)Cn1cnc2c(N)ncnc21. The summed E-state index contributed by atoms with van der Waals surface area (Å²) >= 11 is 0. The Balaban J connectivity index is 1.44. The average Bonchev–Trinajstić information content (AvgIpc) is 3.26. The molecule has 9 heteroatoms. The highest BCUT2D eigenvalue weighted by molar-refractivity contribution is 7.57. The summed E-state index contributed by atoms with van der Waals surface area (Å²) in [6, 6.07) is 0. The van der Waals surface area contributed by atoms with Gasteiger partial charge in [0.1, 0.15) is 18.2 Å². The molecule has 0 amide bonds. The Bertz CT molecular complexity index is 1040. The summed E-state index contributed by atoms with van der Waals surface area (Å²) in [5.74, 6) is 0.334. The molecule has 8 nitrogen and oxygen atoms in total. The van der Waals surface area contributed by atoms with E-state index in [0.717, 1.165) is 44.9 Å². The molecule has 194 valence electrons. The highest BCUT2D eigenvalue weighted by Gasteiger charge is 2.19. The summed E-state index contributed by atoms with van der Waals surface area (Å²) in [5.41, 5.74) is 7.02. The monoisotopic (exact) mass is 500 g/mol. The van der Waals surface area contributed by atoms with Gasteiger partial charge in [0.2, 0.25) is 7.37 Å². The molecule has 2 atom stereocenters. The molecule has 1 unspecified atom stereocenters. The van der Waals surface area contributed by atoms with Gasteiger partial charge in [-0.25, -0.2) is 15.0 Å². The standard InChI is InChI=1S/C25H46N5O3P/c1-4-5-6-7-8-9-10-11-12-13-14-15-16-17-33-34(3,31)21-32-22(2)18-30-20-29-23-24(26)27-19-28-25(23)30/h19-20,22H,4-18,21H2,1-3H3,(H2,26,27,28)/t22-,34?/m1/s1/i1D3,4D2. The van der Waals surface area contributed by atoms with Gasteiger partial charge in [-0.2, -0.15) is 0 Å². The fraction of sp³-hybridized carbons (Fsp3) is 0.800. The Hall–Kier alpha value is -1.50. The molecular formula is C25H46N5O3P. The number of hydrogen-bond donors (Lipinski definition) is 1. The zero-order valence-electron chi connectivity index (χ0n) is 25.9. The first-order chi connectivity index (χ1) is 18.3. The second-order valence-corrected chi connectivity index (χ2v) is 11.6. The largest absolute Gasteiger partial charge is 0.382 e. The van der Waals surface area contributed by atoms with Crippen molar-refractivity contribution in [3.8, 4) is 0 Å². The van der Waals surface area contributed by atoms with E-state index in [0.29, 0.717) is 36.6 Å². The van der Waals surface area contributed by atoms with Gasteiger partial charge in [0, 0.05) is 13.5 Å². The van der Waals surface area contributed by atoms with Crippen molar-refractivity contribution < 1.29 is 20.7 Å². The molecule has 0 fully saturated rings. The van der Waals surface area contributed by atoms with Crippen molar-refractivity contribution in [3.63, 3.8) is 0 Å². The third kappa shape index (κ3) is 11.3. The van der Waals surface area contributed by atoms with Crippen molar-refractivity contribution in [2.75, 3.05) is 25.4 Å². The molecule has 0 spiro atoms. The maximum absolute atomic E-state index is 12.7. The first-order valence-electron chi connectivity index (χ1n) is 15.1. The first-order valence-corrected chi connectivity index (χ1v) is 14.8. The van der Waals surface area contributed by atoms with Crippen molar-refractivity contribution >= 4 is 24.4 Å². The van der Waals surface area contributed by atoms with Crippen LogP contribution in [0.15, 0.2) is 12.7 Å². The summed E-state index contributed by atoms with van der Waals surface area (Å²) in [7, 11) is -2.83. The summed E-state index contributed by atoms with van der Waals surface area (Å²) in [6.07, 6.45) is 12.3. The lowest BCUT2D eigenvalue weighted by molar-refractivity contribution is 0.0799. The topological polar surface area (TPSA) is 105 Å². The number of ether oxygens (including phenoxy) is 1. The van der Waals surface area contributed by atoms with Crippen LogP contribution in [0, 0.1) is 0 Å². The maximum Gasteiger partial charge on any atom is 0.225 e. The molecular weight excluding hydrogens is 449 g/mol. The zero-order chi connectivity index (χ0) is 28.9. The van der Waals surface area contributed by atoms with Crippen molar-refractivity contribution in [3.05, 3.63) is 12.7 Å². The second kappa shape index (κ2) is 16.2. The highest BCUT2D eigenvalue weighted by atomic mass is 31.2. The minimum atomic E-state index is -2.83. The van der Waals surface area contributed by atoms with Crippen molar-refractivity contribution in [2.45, 2.75) is 110 Å². The lowest BCUT2D eigenvalue weighted by atomic mass is 10.0. The van der Waals surface area contributed by atoms with E-state index in [-0.39, 0.29) is 18.9 Å². The van der Waals surface area contributed by atoms with E-state index in [9.17, 15) is 4.57 Å². The van der Waals surface area contributed by atoms with Gasteiger partial charge in [0.15, 0.2) is 11.5 Å². The summed E-state index contributed by atoms with van der Waals surface area (Å²) < 4.78 is 63.0. The molecule has 2 heterocycles. The normalized spacial score (nSPS) is 17.4. The number of nitrogens with two attached hydrogens (primary N) is 1. The molecule has 0 aliphatic carbocycles. The number of aromatic nitrogens is 4. The van der Waals surface area contributed by atoms with Gasteiger partial charge in [0.05, 0.1) is 25.6 Å². The van der Waals surface area contributed by atoms with E-state index < -0.39 is 20.6 Å². The molecule has 2 aromatic heterocycles. The van der Waals surface area contributed by atoms with Crippen LogP contribution in [-0.2, 0) is 20.4 Å². The number of nitrogens with zero attached hydrogens (tertiary/aromatic N) is 4. The number of unbranched alkanes of at least 4 members (excludes halogenated alkanes) is 10. The van der Waals surface area contributed by atoms with Gasteiger partial charge in [-0.3, -0.25) is 4.57 Å². The van der Waals surface area contributed by atoms with E-state index in [1.807, 2.05) is 11.5 Å². The van der Waals surface area contributed by atoms with Gasteiger partial charge >= 0.3 is 0 Å². The number of rotatable bonds is 20. The molecule has 0 bridgehead atoms. The number of imidazole rings is 1. The molecule has 34 heavy (non-hydrogen) atoms. The van der Waals surface area contributed by atoms with Crippen molar-refractivity contribution in [1.29, 1.82) is 0 Å². The van der Waals surface area contributed by atoms with Crippen LogP contribution in [0.1, 0.15) is 104 Å². The highest BCUT2D eigenvalue weighted by Crippen LogP contribution is 2.42. The van der Waals surface area contributed by atoms with E-state index in [1.54, 1.807) is 13.0 Å². The molecule has 0 radical (unpaired) electrons.